The van der Waals surface area contributed by atoms with Crippen LogP contribution in [-0.2, 0) is 4.74 Å². The number of ether oxygens (including phenoxy) is 1. The van der Waals surface area contributed by atoms with Crippen LogP contribution in [0.25, 0.3) is 0 Å². The minimum Gasteiger partial charge on any atom is -0.383 e. The molecule has 4 heteroatoms. The van der Waals surface area contributed by atoms with Crippen LogP contribution < -0.4 is 10.6 Å². The Morgan fingerprint density at radius 1 is 1.50 bits per heavy atom. The number of rotatable bonds is 7. The molecule has 2 N–H and O–H groups in total. The summed E-state index contributed by atoms with van der Waals surface area (Å²) in [5.41, 5.74) is 0.547. The largest absolute Gasteiger partial charge is 0.383 e. The van der Waals surface area contributed by atoms with E-state index in [1.54, 1.807) is 7.11 Å². The van der Waals surface area contributed by atoms with Gasteiger partial charge < -0.3 is 15.4 Å². The molecule has 1 rings (SSSR count). The van der Waals surface area contributed by atoms with E-state index in [9.17, 15) is 0 Å². The molecule has 1 saturated carbocycles. The molecule has 0 amide bonds. The second kappa shape index (κ2) is 6.40. The Labute approximate surface area is 104 Å². The summed E-state index contributed by atoms with van der Waals surface area (Å²) in [5.74, 6) is 0. The molecule has 0 heterocycles. The van der Waals surface area contributed by atoms with Gasteiger partial charge in [-0.3, -0.25) is 0 Å². The van der Waals surface area contributed by atoms with Gasteiger partial charge in [0.1, 0.15) is 0 Å². The molecule has 0 aromatic rings. The molecule has 1 aliphatic carbocycles. The van der Waals surface area contributed by atoms with Gasteiger partial charge in [0.15, 0.2) is 5.11 Å². The quantitative estimate of drug-likeness (QED) is 0.672. The summed E-state index contributed by atoms with van der Waals surface area (Å²) in [6.45, 7) is 6.02. The first kappa shape index (κ1) is 13.7. The first-order valence-electron chi connectivity index (χ1n) is 6.15. The molecule has 1 atom stereocenters. The number of hydrogen-bond acceptors (Lipinski definition) is 2. The SMILES string of the molecule is CCCC1(CNC(=S)NC(C)COC)CC1. The summed E-state index contributed by atoms with van der Waals surface area (Å²) in [7, 11) is 1.70. The number of thiocarbonyl (C=S) groups is 1. The van der Waals surface area contributed by atoms with Gasteiger partial charge in [-0.05, 0) is 43.8 Å². The fraction of sp³-hybridized carbons (Fsp3) is 0.917. The Hall–Kier alpha value is -0.350. The van der Waals surface area contributed by atoms with Gasteiger partial charge >= 0.3 is 0 Å². The highest BCUT2D eigenvalue weighted by Gasteiger charge is 2.41. The summed E-state index contributed by atoms with van der Waals surface area (Å²) in [5, 5.41) is 7.30. The molecule has 0 aliphatic heterocycles. The second-order valence-corrected chi connectivity index (χ2v) is 5.34. The smallest absolute Gasteiger partial charge is 0.166 e. The van der Waals surface area contributed by atoms with Crippen LogP contribution in [-0.4, -0.2) is 31.4 Å². The zero-order valence-corrected chi connectivity index (χ0v) is 11.5. The number of hydrogen-bond donors (Lipinski definition) is 2. The fourth-order valence-electron chi connectivity index (χ4n) is 2.06. The van der Waals surface area contributed by atoms with Gasteiger partial charge in [0.25, 0.3) is 0 Å². The van der Waals surface area contributed by atoms with Crippen molar-refractivity contribution in [2.45, 2.75) is 45.6 Å². The minimum absolute atomic E-state index is 0.270. The Balaban J connectivity index is 2.15. The van der Waals surface area contributed by atoms with Crippen LogP contribution >= 0.6 is 12.2 Å². The predicted octanol–water partition coefficient (Wildman–Crippen LogP) is 2.07. The molecule has 3 nitrogen and oxygen atoms in total. The van der Waals surface area contributed by atoms with Gasteiger partial charge in [0.05, 0.1) is 6.61 Å². The van der Waals surface area contributed by atoms with Crippen molar-refractivity contribution in [1.82, 2.24) is 10.6 Å². The van der Waals surface area contributed by atoms with Gasteiger partial charge in [-0.15, -0.1) is 0 Å². The van der Waals surface area contributed by atoms with Gasteiger partial charge in [0.2, 0.25) is 0 Å². The van der Waals surface area contributed by atoms with Crippen molar-refractivity contribution >= 4 is 17.3 Å². The third-order valence-electron chi connectivity index (χ3n) is 3.16. The van der Waals surface area contributed by atoms with Crippen molar-refractivity contribution in [3.8, 4) is 0 Å². The molecule has 0 aromatic heterocycles. The third kappa shape index (κ3) is 4.66. The lowest BCUT2D eigenvalue weighted by atomic mass is 10.0. The van der Waals surface area contributed by atoms with Crippen LogP contribution in [0.2, 0.25) is 0 Å². The molecule has 94 valence electrons. The van der Waals surface area contributed by atoms with Crippen molar-refractivity contribution in [2.75, 3.05) is 20.3 Å². The molecule has 1 aliphatic rings. The van der Waals surface area contributed by atoms with E-state index in [1.807, 2.05) is 0 Å². The molecular formula is C12H24N2OS. The molecule has 1 fully saturated rings. The maximum atomic E-state index is 5.25. The summed E-state index contributed by atoms with van der Waals surface area (Å²) in [6.07, 6.45) is 5.28. The fourth-order valence-corrected chi connectivity index (χ4v) is 2.33. The average Bonchev–Trinajstić information content (AvgIpc) is 2.97. The summed E-state index contributed by atoms with van der Waals surface area (Å²) >= 11 is 5.25. The van der Waals surface area contributed by atoms with Crippen molar-refractivity contribution < 1.29 is 4.74 Å². The van der Waals surface area contributed by atoms with Gasteiger partial charge in [-0.2, -0.15) is 0 Å². The third-order valence-corrected chi connectivity index (χ3v) is 3.42. The average molecular weight is 244 g/mol. The maximum Gasteiger partial charge on any atom is 0.166 e. The summed E-state index contributed by atoms with van der Waals surface area (Å²) in [4.78, 5) is 0. The van der Waals surface area contributed by atoms with Crippen LogP contribution in [0.3, 0.4) is 0 Å². The van der Waals surface area contributed by atoms with E-state index in [0.717, 1.165) is 11.7 Å². The van der Waals surface area contributed by atoms with Gasteiger partial charge in [-0.1, -0.05) is 13.3 Å². The van der Waals surface area contributed by atoms with Crippen LogP contribution in [0.1, 0.15) is 39.5 Å². The monoisotopic (exact) mass is 244 g/mol. The molecule has 0 radical (unpaired) electrons. The molecule has 16 heavy (non-hydrogen) atoms. The Bertz CT molecular complexity index is 229. The van der Waals surface area contributed by atoms with Crippen LogP contribution in [0.4, 0.5) is 0 Å². The van der Waals surface area contributed by atoms with E-state index in [2.05, 4.69) is 24.5 Å². The van der Waals surface area contributed by atoms with Crippen molar-refractivity contribution in [1.29, 1.82) is 0 Å². The minimum atomic E-state index is 0.270. The Morgan fingerprint density at radius 2 is 2.19 bits per heavy atom. The lowest BCUT2D eigenvalue weighted by Crippen LogP contribution is -2.44. The van der Waals surface area contributed by atoms with E-state index < -0.39 is 0 Å². The van der Waals surface area contributed by atoms with E-state index in [-0.39, 0.29) is 6.04 Å². The van der Waals surface area contributed by atoms with E-state index >= 15 is 0 Å². The highest BCUT2D eigenvalue weighted by atomic mass is 32.1. The highest BCUT2D eigenvalue weighted by molar-refractivity contribution is 7.80. The van der Waals surface area contributed by atoms with E-state index in [4.69, 9.17) is 17.0 Å². The summed E-state index contributed by atoms with van der Waals surface area (Å²) < 4.78 is 5.05. The summed E-state index contributed by atoms with van der Waals surface area (Å²) in [6, 6.07) is 0.270. The van der Waals surface area contributed by atoms with E-state index in [1.165, 1.54) is 25.7 Å². The first-order valence-corrected chi connectivity index (χ1v) is 6.56. The topological polar surface area (TPSA) is 33.3 Å². The molecule has 0 bridgehead atoms. The molecule has 0 saturated heterocycles. The van der Waals surface area contributed by atoms with Crippen LogP contribution in [0, 0.1) is 5.41 Å². The lowest BCUT2D eigenvalue weighted by molar-refractivity contribution is 0.179. The molecule has 0 aromatic carbocycles. The van der Waals surface area contributed by atoms with Crippen LogP contribution in [0.5, 0.6) is 0 Å². The van der Waals surface area contributed by atoms with Gasteiger partial charge in [0, 0.05) is 19.7 Å². The predicted molar refractivity (Wildman–Crippen MR) is 71.6 cm³/mol. The van der Waals surface area contributed by atoms with Crippen molar-refractivity contribution in [3.05, 3.63) is 0 Å². The zero-order chi connectivity index (χ0) is 12.0. The number of nitrogens with one attached hydrogen (secondary N) is 2. The standard InChI is InChI=1S/C12H24N2OS/c1-4-5-12(6-7-12)9-13-11(16)14-10(2)8-15-3/h10H,4-9H2,1-3H3,(H2,13,14,16). The van der Waals surface area contributed by atoms with Crippen molar-refractivity contribution in [2.24, 2.45) is 5.41 Å². The highest BCUT2D eigenvalue weighted by Crippen LogP contribution is 2.48. The molecule has 0 spiro atoms. The normalized spacial score (nSPS) is 18.9. The molecular weight excluding hydrogens is 220 g/mol. The second-order valence-electron chi connectivity index (χ2n) is 4.93. The molecule has 1 unspecified atom stereocenters. The zero-order valence-electron chi connectivity index (χ0n) is 10.6. The van der Waals surface area contributed by atoms with Gasteiger partial charge in [-0.25, -0.2) is 0 Å². The van der Waals surface area contributed by atoms with Crippen molar-refractivity contribution in [3.63, 3.8) is 0 Å². The maximum absolute atomic E-state index is 5.25. The first-order chi connectivity index (χ1) is 7.62. The van der Waals surface area contributed by atoms with E-state index in [0.29, 0.717) is 12.0 Å². The Kier molecular flexibility index (Phi) is 5.49. The van der Waals surface area contributed by atoms with Crippen LogP contribution in [0.15, 0.2) is 0 Å². The lowest BCUT2D eigenvalue weighted by Gasteiger charge is -2.19. The Morgan fingerprint density at radius 3 is 2.69 bits per heavy atom. The number of methoxy groups -OCH3 is 1.